The molecular weight excluding hydrogens is 332 g/mol. The van der Waals surface area contributed by atoms with E-state index in [1.807, 2.05) is 67.6 Å². The van der Waals surface area contributed by atoms with Crippen LogP contribution in [0.3, 0.4) is 0 Å². The normalized spacial score (nSPS) is 11.6. The summed E-state index contributed by atoms with van der Waals surface area (Å²) in [6.45, 7) is 2.36. The van der Waals surface area contributed by atoms with Crippen molar-refractivity contribution in [3.63, 3.8) is 0 Å². The fourth-order valence-corrected chi connectivity index (χ4v) is 3.42. The zero-order valence-corrected chi connectivity index (χ0v) is 15.5. The lowest BCUT2D eigenvalue weighted by atomic mass is 10.1. The molecule has 0 aliphatic rings. The highest BCUT2D eigenvalue weighted by Gasteiger charge is 2.27. The van der Waals surface area contributed by atoms with Gasteiger partial charge in [0.2, 0.25) is 11.8 Å². The number of rotatable bonds is 8. The van der Waals surface area contributed by atoms with E-state index < -0.39 is 6.04 Å². The Balaban J connectivity index is 2.14. The quantitative estimate of drug-likeness (QED) is 0.738. The third-order valence-electron chi connectivity index (χ3n) is 3.93. The number of nitrogens with one attached hydrogen (secondary N) is 1. The van der Waals surface area contributed by atoms with Gasteiger partial charge in [0.05, 0.1) is 5.75 Å². The van der Waals surface area contributed by atoms with Crippen LogP contribution in [0.5, 0.6) is 0 Å². The fraction of sp³-hybridized carbons (Fsp3) is 0.300. The number of thioether (sulfide) groups is 1. The number of nitrogens with zero attached hydrogens (tertiary/aromatic N) is 1. The Morgan fingerprint density at radius 2 is 1.64 bits per heavy atom. The van der Waals surface area contributed by atoms with Crippen LogP contribution in [0.4, 0.5) is 0 Å². The van der Waals surface area contributed by atoms with E-state index in [9.17, 15) is 9.59 Å². The summed E-state index contributed by atoms with van der Waals surface area (Å²) in [5.74, 6) is 0.147. The second-order valence-corrected chi connectivity index (χ2v) is 6.70. The molecule has 2 aromatic rings. The van der Waals surface area contributed by atoms with Crippen LogP contribution in [-0.4, -0.2) is 35.6 Å². The molecule has 1 N–H and O–H groups in total. The standard InChI is InChI=1S/C20H24N2O2S/c1-3-18(20(24)21-2)22(14-16-10-6-4-7-11-16)19(23)15-25-17-12-8-5-9-13-17/h4-13,18H,3,14-15H2,1-2H3,(H,21,24)/t18-/m1/s1. The van der Waals surface area contributed by atoms with Crippen LogP contribution in [0.25, 0.3) is 0 Å². The van der Waals surface area contributed by atoms with Crippen LogP contribution >= 0.6 is 11.8 Å². The van der Waals surface area contributed by atoms with Gasteiger partial charge in [-0.1, -0.05) is 55.5 Å². The molecule has 2 aromatic carbocycles. The van der Waals surface area contributed by atoms with Crippen molar-refractivity contribution >= 4 is 23.6 Å². The van der Waals surface area contributed by atoms with E-state index in [-0.39, 0.29) is 11.8 Å². The molecule has 0 radical (unpaired) electrons. The van der Waals surface area contributed by atoms with Gasteiger partial charge in [0.25, 0.3) is 0 Å². The van der Waals surface area contributed by atoms with Gasteiger partial charge in [-0.25, -0.2) is 0 Å². The van der Waals surface area contributed by atoms with Gasteiger partial charge in [-0.15, -0.1) is 11.8 Å². The predicted octanol–water partition coefficient (Wildman–Crippen LogP) is 3.33. The Labute approximate surface area is 153 Å². The maximum atomic E-state index is 12.9. The monoisotopic (exact) mass is 356 g/mol. The van der Waals surface area contributed by atoms with Crippen molar-refractivity contribution < 1.29 is 9.59 Å². The van der Waals surface area contributed by atoms with Gasteiger partial charge in [0.15, 0.2) is 0 Å². The van der Waals surface area contributed by atoms with Crippen LogP contribution in [0.1, 0.15) is 18.9 Å². The first-order valence-corrected chi connectivity index (χ1v) is 9.37. The average Bonchev–Trinajstić information content (AvgIpc) is 2.67. The Hall–Kier alpha value is -2.27. The second kappa shape index (κ2) is 9.89. The number of amides is 2. The number of benzene rings is 2. The summed E-state index contributed by atoms with van der Waals surface area (Å²) >= 11 is 1.49. The number of hydrogen-bond donors (Lipinski definition) is 1. The Kier molecular flexibility index (Phi) is 7.54. The van der Waals surface area contributed by atoms with Crippen molar-refractivity contribution in [3.8, 4) is 0 Å². The highest BCUT2D eigenvalue weighted by atomic mass is 32.2. The minimum Gasteiger partial charge on any atom is -0.357 e. The molecule has 1 atom stereocenters. The van der Waals surface area contributed by atoms with Crippen LogP contribution < -0.4 is 5.32 Å². The number of hydrogen-bond acceptors (Lipinski definition) is 3. The third-order valence-corrected chi connectivity index (χ3v) is 4.93. The lowest BCUT2D eigenvalue weighted by molar-refractivity contribution is -0.139. The lowest BCUT2D eigenvalue weighted by Crippen LogP contribution is -2.48. The van der Waals surface area contributed by atoms with E-state index in [1.54, 1.807) is 11.9 Å². The van der Waals surface area contributed by atoms with Crippen LogP contribution in [0, 0.1) is 0 Å². The van der Waals surface area contributed by atoms with Gasteiger partial charge in [0.1, 0.15) is 6.04 Å². The molecule has 0 aliphatic carbocycles. The molecule has 0 bridgehead atoms. The first-order valence-electron chi connectivity index (χ1n) is 8.38. The molecule has 25 heavy (non-hydrogen) atoms. The molecule has 0 saturated heterocycles. The first kappa shape index (κ1) is 19.1. The van der Waals surface area contributed by atoms with Crippen molar-refractivity contribution in [2.45, 2.75) is 30.8 Å². The summed E-state index contributed by atoms with van der Waals surface area (Å²) in [5.41, 5.74) is 1.02. The topological polar surface area (TPSA) is 49.4 Å². The highest BCUT2D eigenvalue weighted by molar-refractivity contribution is 8.00. The summed E-state index contributed by atoms with van der Waals surface area (Å²) in [6.07, 6.45) is 0.578. The zero-order valence-electron chi connectivity index (χ0n) is 14.6. The van der Waals surface area contributed by atoms with Crippen molar-refractivity contribution in [2.75, 3.05) is 12.8 Å². The largest absolute Gasteiger partial charge is 0.357 e. The van der Waals surface area contributed by atoms with E-state index in [1.165, 1.54) is 11.8 Å². The number of likely N-dealkylation sites (N-methyl/N-ethyl adjacent to an activating group) is 1. The van der Waals surface area contributed by atoms with Gasteiger partial charge < -0.3 is 10.2 Å². The SMILES string of the molecule is CC[C@H](C(=O)NC)N(Cc1ccccc1)C(=O)CSc1ccccc1. The summed E-state index contributed by atoms with van der Waals surface area (Å²) in [5, 5.41) is 2.67. The fourth-order valence-electron chi connectivity index (χ4n) is 2.61. The molecular formula is C20H24N2O2S. The van der Waals surface area contributed by atoms with E-state index in [2.05, 4.69) is 5.32 Å². The molecule has 132 valence electrons. The lowest BCUT2D eigenvalue weighted by Gasteiger charge is -2.30. The van der Waals surface area contributed by atoms with E-state index in [0.29, 0.717) is 18.7 Å². The van der Waals surface area contributed by atoms with E-state index in [0.717, 1.165) is 10.5 Å². The van der Waals surface area contributed by atoms with Crippen molar-refractivity contribution in [3.05, 3.63) is 66.2 Å². The summed E-state index contributed by atoms with van der Waals surface area (Å²) in [7, 11) is 1.61. The van der Waals surface area contributed by atoms with Crippen molar-refractivity contribution in [1.82, 2.24) is 10.2 Å². The van der Waals surface area contributed by atoms with Crippen molar-refractivity contribution in [1.29, 1.82) is 0 Å². The van der Waals surface area contributed by atoms with Gasteiger partial charge >= 0.3 is 0 Å². The van der Waals surface area contributed by atoms with E-state index in [4.69, 9.17) is 0 Å². The highest BCUT2D eigenvalue weighted by Crippen LogP contribution is 2.20. The molecule has 2 amide bonds. The molecule has 4 nitrogen and oxygen atoms in total. The van der Waals surface area contributed by atoms with E-state index >= 15 is 0 Å². The molecule has 2 rings (SSSR count). The zero-order chi connectivity index (χ0) is 18.1. The number of carbonyl (C=O) groups is 2. The molecule has 0 spiro atoms. The van der Waals surface area contributed by atoms with Gasteiger partial charge in [0, 0.05) is 18.5 Å². The van der Waals surface area contributed by atoms with Crippen LogP contribution in [0.2, 0.25) is 0 Å². The smallest absolute Gasteiger partial charge is 0.242 e. The molecule has 0 aliphatic heterocycles. The minimum absolute atomic E-state index is 0.0341. The van der Waals surface area contributed by atoms with Gasteiger partial charge in [-0.3, -0.25) is 9.59 Å². The minimum atomic E-state index is -0.464. The average molecular weight is 356 g/mol. The maximum Gasteiger partial charge on any atom is 0.242 e. The predicted molar refractivity (Wildman–Crippen MR) is 102 cm³/mol. The second-order valence-electron chi connectivity index (χ2n) is 5.65. The number of carbonyl (C=O) groups excluding carboxylic acids is 2. The first-order chi connectivity index (χ1) is 12.2. The van der Waals surface area contributed by atoms with Crippen LogP contribution in [-0.2, 0) is 16.1 Å². The van der Waals surface area contributed by atoms with Gasteiger partial charge in [-0.2, -0.15) is 0 Å². The Bertz CT molecular complexity index is 677. The molecule has 0 fully saturated rings. The summed E-state index contributed by atoms with van der Waals surface area (Å²) < 4.78 is 0. The molecule has 0 heterocycles. The third kappa shape index (κ3) is 5.64. The summed E-state index contributed by atoms with van der Waals surface area (Å²) in [4.78, 5) is 27.8. The molecule has 0 unspecified atom stereocenters. The van der Waals surface area contributed by atoms with Crippen LogP contribution in [0.15, 0.2) is 65.6 Å². The van der Waals surface area contributed by atoms with Crippen molar-refractivity contribution in [2.24, 2.45) is 0 Å². The summed E-state index contributed by atoms with van der Waals surface area (Å²) in [6, 6.07) is 19.1. The molecule has 0 aromatic heterocycles. The van der Waals surface area contributed by atoms with Gasteiger partial charge in [-0.05, 0) is 24.1 Å². The molecule has 0 saturated carbocycles. The maximum absolute atomic E-state index is 12.9. The Morgan fingerprint density at radius 3 is 2.20 bits per heavy atom. The Morgan fingerprint density at radius 1 is 1.04 bits per heavy atom. The molecule has 5 heteroatoms.